The Bertz CT molecular complexity index is 1490. The zero-order chi connectivity index (χ0) is 25.0. The number of nitro benzene ring substituents is 1. The number of benzene rings is 3. The minimum Gasteiger partial charge on any atom is -0.495 e. The maximum absolute atomic E-state index is 13.3. The van der Waals surface area contributed by atoms with E-state index in [9.17, 15) is 23.3 Å². The van der Waals surface area contributed by atoms with Gasteiger partial charge in [0.1, 0.15) is 27.7 Å². The molecule has 0 unspecified atom stereocenters. The van der Waals surface area contributed by atoms with Crippen molar-refractivity contribution >= 4 is 50.1 Å². The fourth-order valence-electron chi connectivity index (χ4n) is 3.41. The van der Waals surface area contributed by atoms with Gasteiger partial charge in [-0.15, -0.1) is 0 Å². The number of amides is 1. The summed E-state index contributed by atoms with van der Waals surface area (Å²) in [6, 6.07) is 15.9. The molecule has 35 heavy (non-hydrogen) atoms. The van der Waals surface area contributed by atoms with Crippen molar-refractivity contribution in [3.63, 3.8) is 0 Å². The lowest BCUT2D eigenvalue weighted by molar-refractivity contribution is -0.384. The lowest BCUT2D eigenvalue weighted by Crippen LogP contribution is -2.45. The van der Waals surface area contributed by atoms with Crippen LogP contribution in [0.5, 0.6) is 5.75 Å². The highest BCUT2D eigenvalue weighted by Gasteiger charge is 2.29. The SMILES string of the molecule is COc1ccc([N+](=O)[O-])cc1NC(=O)[C@@H](Cc1ccccc1)NS(=O)(=O)c1cccc2nsnc12. The van der Waals surface area contributed by atoms with Crippen molar-refractivity contribution < 1.29 is 22.9 Å². The summed E-state index contributed by atoms with van der Waals surface area (Å²) in [5.41, 5.74) is 1.10. The van der Waals surface area contributed by atoms with Crippen LogP contribution in [0.25, 0.3) is 11.0 Å². The molecule has 0 saturated carbocycles. The number of sulfonamides is 1. The van der Waals surface area contributed by atoms with Gasteiger partial charge in [-0.1, -0.05) is 36.4 Å². The van der Waals surface area contributed by atoms with Crippen LogP contribution < -0.4 is 14.8 Å². The fourth-order valence-corrected chi connectivity index (χ4v) is 5.38. The first-order valence-electron chi connectivity index (χ1n) is 10.2. The van der Waals surface area contributed by atoms with E-state index in [1.807, 2.05) is 0 Å². The molecule has 4 aromatic rings. The van der Waals surface area contributed by atoms with E-state index in [1.165, 1.54) is 25.3 Å². The van der Waals surface area contributed by atoms with Gasteiger partial charge < -0.3 is 10.1 Å². The van der Waals surface area contributed by atoms with Crippen molar-refractivity contribution in [2.45, 2.75) is 17.4 Å². The molecule has 11 nitrogen and oxygen atoms in total. The largest absolute Gasteiger partial charge is 0.495 e. The molecule has 4 rings (SSSR count). The third kappa shape index (κ3) is 5.42. The molecule has 1 amide bonds. The first-order chi connectivity index (χ1) is 16.8. The molecule has 0 spiro atoms. The van der Waals surface area contributed by atoms with Gasteiger partial charge in [0.2, 0.25) is 15.9 Å². The van der Waals surface area contributed by atoms with E-state index in [2.05, 4.69) is 18.8 Å². The molecule has 3 aromatic carbocycles. The number of carbonyl (C=O) groups excluding carboxylic acids is 1. The van der Waals surface area contributed by atoms with Crippen LogP contribution in [0.4, 0.5) is 11.4 Å². The quantitative estimate of drug-likeness (QED) is 0.256. The summed E-state index contributed by atoms with van der Waals surface area (Å²) in [5, 5.41) is 13.8. The van der Waals surface area contributed by atoms with Crippen LogP contribution >= 0.6 is 11.7 Å². The normalized spacial score (nSPS) is 12.3. The Labute approximate surface area is 204 Å². The molecule has 0 aliphatic carbocycles. The summed E-state index contributed by atoms with van der Waals surface area (Å²) in [6.07, 6.45) is 0.0223. The summed E-state index contributed by atoms with van der Waals surface area (Å²) in [7, 11) is -2.85. The fraction of sp³-hybridized carbons (Fsp3) is 0.136. The zero-order valence-corrected chi connectivity index (χ0v) is 19.9. The molecule has 0 radical (unpaired) electrons. The van der Waals surface area contributed by atoms with Gasteiger partial charge in [0.15, 0.2) is 0 Å². The van der Waals surface area contributed by atoms with E-state index in [0.29, 0.717) is 11.1 Å². The Kier molecular flexibility index (Phi) is 7.00. The molecule has 1 aromatic heterocycles. The molecular formula is C22H19N5O6S2. The number of ether oxygens (including phenoxy) is 1. The van der Waals surface area contributed by atoms with Crippen molar-refractivity contribution in [3.8, 4) is 5.75 Å². The lowest BCUT2D eigenvalue weighted by atomic mass is 10.1. The summed E-state index contributed by atoms with van der Waals surface area (Å²) >= 11 is 0.880. The summed E-state index contributed by atoms with van der Waals surface area (Å²) < 4.78 is 42.4. The van der Waals surface area contributed by atoms with Crippen LogP contribution in [0.2, 0.25) is 0 Å². The third-order valence-electron chi connectivity index (χ3n) is 5.09. The average molecular weight is 514 g/mol. The third-order valence-corrected chi connectivity index (χ3v) is 7.13. The molecular weight excluding hydrogens is 494 g/mol. The highest BCUT2D eigenvalue weighted by Crippen LogP contribution is 2.29. The molecule has 1 atom stereocenters. The summed E-state index contributed by atoms with van der Waals surface area (Å²) in [5.74, 6) is -0.539. The van der Waals surface area contributed by atoms with Crippen molar-refractivity contribution in [2.75, 3.05) is 12.4 Å². The topological polar surface area (TPSA) is 153 Å². The Morgan fingerprint density at radius 3 is 2.60 bits per heavy atom. The molecule has 0 fully saturated rings. The van der Waals surface area contributed by atoms with E-state index in [4.69, 9.17) is 4.74 Å². The highest BCUT2D eigenvalue weighted by molar-refractivity contribution is 7.89. The molecule has 1 heterocycles. The van der Waals surface area contributed by atoms with Gasteiger partial charge >= 0.3 is 0 Å². The predicted octanol–water partition coefficient (Wildman–Crippen LogP) is 3.14. The maximum atomic E-state index is 13.3. The Balaban J connectivity index is 1.68. The Hall–Kier alpha value is -3.94. The molecule has 13 heteroatoms. The van der Waals surface area contributed by atoms with Crippen LogP contribution in [0.3, 0.4) is 0 Å². The molecule has 2 N–H and O–H groups in total. The number of hydrogen-bond acceptors (Lipinski definition) is 9. The highest BCUT2D eigenvalue weighted by atomic mass is 32.2. The number of hydrogen-bond donors (Lipinski definition) is 2. The molecule has 0 saturated heterocycles. The van der Waals surface area contributed by atoms with Crippen LogP contribution in [-0.4, -0.2) is 41.1 Å². The number of fused-ring (bicyclic) bond motifs is 1. The number of anilines is 1. The molecule has 0 bridgehead atoms. The minimum atomic E-state index is -4.20. The van der Waals surface area contributed by atoms with Gasteiger partial charge in [-0.3, -0.25) is 14.9 Å². The molecule has 0 aliphatic heterocycles. The van der Waals surface area contributed by atoms with E-state index in [-0.39, 0.29) is 34.0 Å². The van der Waals surface area contributed by atoms with Gasteiger partial charge in [-0.05, 0) is 30.2 Å². The monoisotopic (exact) mass is 513 g/mol. The van der Waals surface area contributed by atoms with Gasteiger partial charge in [-0.25, -0.2) is 8.42 Å². The Morgan fingerprint density at radius 1 is 1.11 bits per heavy atom. The zero-order valence-electron chi connectivity index (χ0n) is 18.2. The number of carbonyl (C=O) groups is 1. The van der Waals surface area contributed by atoms with Gasteiger partial charge in [0, 0.05) is 12.1 Å². The predicted molar refractivity (Wildman–Crippen MR) is 130 cm³/mol. The number of nitro groups is 1. The number of nitrogens with one attached hydrogen (secondary N) is 2. The minimum absolute atomic E-state index is 0.0223. The number of nitrogens with zero attached hydrogens (tertiary/aromatic N) is 3. The van der Waals surface area contributed by atoms with E-state index < -0.39 is 26.9 Å². The van der Waals surface area contributed by atoms with E-state index >= 15 is 0 Å². The number of rotatable bonds is 9. The Morgan fingerprint density at radius 2 is 1.89 bits per heavy atom. The molecule has 0 aliphatic rings. The lowest BCUT2D eigenvalue weighted by Gasteiger charge is -2.19. The van der Waals surface area contributed by atoms with Crippen molar-refractivity contribution in [2.24, 2.45) is 0 Å². The van der Waals surface area contributed by atoms with E-state index in [1.54, 1.807) is 42.5 Å². The smallest absolute Gasteiger partial charge is 0.271 e. The second kappa shape index (κ2) is 10.1. The second-order valence-electron chi connectivity index (χ2n) is 7.38. The van der Waals surface area contributed by atoms with E-state index in [0.717, 1.165) is 17.8 Å². The van der Waals surface area contributed by atoms with Crippen LogP contribution in [0.15, 0.2) is 71.6 Å². The first-order valence-corrected chi connectivity index (χ1v) is 12.4. The average Bonchev–Trinajstić information content (AvgIpc) is 3.33. The van der Waals surface area contributed by atoms with Crippen LogP contribution in [-0.2, 0) is 21.2 Å². The van der Waals surface area contributed by atoms with Crippen molar-refractivity contribution in [1.29, 1.82) is 0 Å². The second-order valence-corrected chi connectivity index (χ2v) is 9.59. The molecule has 180 valence electrons. The van der Waals surface area contributed by atoms with Gasteiger partial charge in [-0.2, -0.15) is 13.5 Å². The first kappa shape index (κ1) is 24.2. The number of methoxy groups -OCH3 is 1. The van der Waals surface area contributed by atoms with Crippen molar-refractivity contribution in [3.05, 3.63) is 82.4 Å². The maximum Gasteiger partial charge on any atom is 0.271 e. The number of non-ortho nitro benzene ring substituents is 1. The van der Waals surface area contributed by atoms with Crippen molar-refractivity contribution in [1.82, 2.24) is 13.5 Å². The summed E-state index contributed by atoms with van der Waals surface area (Å²) in [4.78, 5) is 23.8. The van der Waals surface area contributed by atoms with Gasteiger partial charge in [0.25, 0.3) is 5.69 Å². The van der Waals surface area contributed by atoms with Crippen LogP contribution in [0, 0.1) is 10.1 Å². The number of aromatic nitrogens is 2. The standard InChI is InChI=1S/C22H19N5O6S2/c1-33-19-11-10-15(27(29)30)13-17(19)23-22(28)18(12-14-6-3-2-4-7-14)26-35(31,32)20-9-5-8-16-21(20)25-34-24-16/h2-11,13,18,26H,12H2,1H3,(H,23,28)/t18-/m1/s1. The van der Waals surface area contributed by atoms with Crippen LogP contribution in [0.1, 0.15) is 5.56 Å². The summed E-state index contributed by atoms with van der Waals surface area (Å²) in [6.45, 7) is 0. The van der Waals surface area contributed by atoms with Gasteiger partial charge in [0.05, 0.1) is 29.4 Å².